The number of hydrogen-bond acceptors (Lipinski definition) is 5. The molecule has 234 valence electrons. The van der Waals surface area contributed by atoms with E-state index in [9.17, 15) is 0 Å². The lowest BCUT2D eigenvalue weighted by atomic mass is 9.95. The van der Waals surface area contributed by atoms with Crippen LogP contribution in [0.15, 0.2) is 173 Å². The van der Waals surface area contributed by atoms with Crippen molar-refractivity contribution >= 4 is 43.9 Å². The van der Waals surface area contributed by atoms with Gasteiger partial charge in [0.2, 0.25) is 0 Å². The zero-order valence-corrected chi connectivity index (χ0v) is 26.7. The first-order valence-electron chi connectivity index (χ1n) is 16.6. The van der Waals surface area contributed by atoms with Gasteiger partial charge in [0, 0.05) is 43.8 Å². The molecule has 0 aliphatic rings. The topological polar surface area (TPSA) is 65.0 Å². The number of fused-ring (bicyclic) bond motifs is 6. The second kappa shape index (κ2) is 11.4. The Bertz CT molecular complexity index is 2860. The van der Waals surface area contributed by atoms with E-state index in [0.29, 0.717) is 17.5 Å². The molecule has 0 aliphatic heterocycles. The molecule has 0 saturated carbocycles. The summed E-state index contributed by atoms with van der Waals surface area (Å²) in [5.41, 5.74) is 10.3. The van der Waals surface area contributed by atoms with E-state index >= 15 is 0 Å². The number of benzene rings is 7. The normalized spacial score (nSPS) is 11.6. The lowest BCUT2D eigenvalue weighted by Crippen LogP contribution is -2.00. The first-order valence-corrected chi connectivity index (χ1v) is 16.6. The number of furan rings is 2. The monoisotopic (exact) mass is 641 g/mol. The van der Waals surface area contributed by atoms with Crippen molar-refractivity contribution in [3.8, 4) is 56.4 Å². The second-order valence-electron chi connectivity index (χ2n) is 12.4. The minimum atomic E-state index is 0.564. The van der Waals surface area contributed by atoms with Gasteiger partial charge in [-0.2, -0.15) is 0 Å². The molecule has 5 heteroatoms. The standard InChI is InChI=1S/C45H27N3O2/c1-4-13-28(14-5-1)32-25-36(29-15-6-2-7-16-29)42-37(26-32)33-24-23-31(27-40(33)50-42)44-46-43(30-17-8-3-9-18-30)47-45(48-44)35-20-12-22-39-41(35)34-19-10-11-21-38(34)49-39/h1-27H. The zero-order chi connectivity index (χ0) is 33.0. The molecule has 3 aromatic heterocycles. The Kier molecular flexibility index (Phi) is 6.42. The average molecular weight is 642 g/mol. The molecule has 7 aromatic carbocycles. The first kappa shape index (κ1) is 28.2. The molecule has 10 rings (SSSR count). The van der Waals surface area contributed by atoms with Crippen molar-refractivity contribution in [3.63, 3.8) is 0 Å². The van der Waals surface area contributed by atoms with E-state index in [2.05, 4.69) is 84.9 Å². The minimum Gasteiger partial charge on any atom is -0.456 e. The van der Waals surface area contributed by atoms with Crippen LogP contribution in [0.1, 0.15) is 0 Å². The fourth-order valence-electron chi connectivity index (χ4n) is 6.95. The van der Waals surface area contributed by atoms with E-state index in [1.807, 2.05) is 78.9 Å². The van der Waals surface area contributed by atoms with Gasteiger partial charge in [0.25, 0.3) is 0 Å². The quantitative estimate of drug-likeness (QED) is 0.187. The Morgan fingerprint density at radius 1 is 0.320 bits per heavy atom. The van der Waals surface area contributed by atoms with Crippen LogP contribution in [0.2, 0.25) is 0 Å². The number of para-hydroxylation sites is 1. The van der Waals surface area contributed by atoms with Crippen LogP contribution in [0.4, 0.5) is 0 Å². The molecule has 0 aliphatic carbocycles. The molecule has 0 radical (unpaired) electrons. The lowest BCUT2D eigenvalue weighted by molar-refractivity contribution is 0.669. The zero-order valence-electron chi connectivity index (χ0n) is 26.7. The largest absolute Gasteiger partial charge is 0.456 e. The van der Waals surface area contributed by atoms with Crippen molar-refractivity contribution in [2.45, 2.75) is 0 Å². The summed E-state index contributed by atoms with van der Waals surface area (Å²) < 4.78 is 12.9. The van der Waals surface area contributed by atoms with Gasteiger partial charge in [-0.3, -0.25) is 0 Å². The SMILES string of the molecule is c1ccc(-c2cc(-c3ccccc3)c3oc4cc(-c5nc(-c6ccccc6)nc(-c6cccc7oc8ccccc8c67)n5)ccc4c3c2)cc1. The van der Waals surface area contributed by atoms with Crippen molar-refractivity contribution in [2.24, 2.45) is 0 Å². The van der Waals surface area contributed by atoms with Crippen molar-refractivity contribution < 1.29 is 8.83 Å². The van der Waals surface area contributed by atoms with Gasteiger partial charge in [-0.25, -0.2) is 15.0 Å². The summed E-state index contributed by atoms with van der Waals surface area (Å²) >= 11 is 0. The molecule has 3 heterocycles. The van der Waals surface area contributed by atoms with Gasteiger partial charge in [-0.05, 0) is 53.1 Å². The van der Waals surface area contributed by atoms with Crippen LogP contribution >= 0.6 is 0 Å². The Morgan fingerprint density at radius 2 is 0.960 bits per heavy atom. The molecule has 5 nitrogen and oxygen atoms in total. The summed E-state index contributed by atoms with van der Waals surface area (Å²) in [6.45, 7) is 0. The van der Waals surface area contributed by atoms with Gasteiger partial charge >= 0.3 is 0 Å². The molecular weight excluding hydrogens is 615 g/mol. The number of hydrogen-bond donors (Lipinski definition) is 0. The molecule has 0 N–H and O–H groups in total. The van der Waals surface area contributed by atoms with Crippen LogP contribution in [0.3, 0.4) is 0 Å². The average Bonchev–Trinajstić information content (AvgIpc) is 3.76. The summed E-state index contributed by atoms with van der Waals surface area (Å²) in [5.74, 6) is 1.74. The highest BCUT2D eigenvalue weighted by molar-refractivity contribution is 6.13. The van der Waals surface area contributed by atoms with Gasteiger partial charge in [0.1, 0.15) is 22.3 Å². The predicted octanol–water partition coefficient (Wildman–Crippen LogP) is 12.0. The summed E-state index contributed by atoms with van der Waals surface area (Å²) in [4.78, 5) is 15.2. The maximum Gasteiger partial charge on any atom is 0.164 e. The van der Waals surface area contributed by atoms with Crippen LogP contribution in [0.5, 0.6) is 0 Å². The van der Waals surface area contributed by atoms with E-state index in [1.165, 1.54) is 0 Å². The summed E-state index contributed by atoms with van der Waals surface area (Å²) in [7, 11) is 0. The molecule has 10 aromatic rings. The number of rotatable bonds is 5. The molecule has 0 saturated heterocycles. The van der Waals surface area contributed by atoms with Gasteiger partial charge in [0.15, 0.2) is 17.5 Å². The van der Waals surface area contributed by atoms with Gasteiger partial charge in [-0.1, -0.05) is 127 Å². The molecule has 0 amide bonds. The third-order valence-corrected chi connectivity index (χ3v) is 9.33. The highest BCUT2D eigenvalue weighted by Crippen LogP contribution is 2.41. The summed E-state index contributed by atoms with van der Waals surface area (Å²) in [6, 6.07) is 55.7. The minimum absolute atomic E-state index is 0.564. The second-order valence-corrected chi connectivity index (χ2v) is 12.4. The smallest absolute Gasteiger partial charge is 0.164 e. The fraction of sp³-hybridized carbons (Fsp3) is 0. The third kappa shape index (κ3) is 4.67. The van der Waals surface area contributed by atoms with Crippen LogP contribution in [0.25, 0.3) is 100 Å². The van der Waals surface area contributed by atoms with Crippen molar-refractivity contribution in [1.82, 2.24) is 15.0 Å². The molecule has 0 unspecified atom stereocenters. The van der Waals surface area contributed by atoms with Crippen LogP contribution in [0, 0.1) is 0 Å². The molecule has 0 bridgehead atoms. The van der Waals surface area contributed by atoms with Crippen LogP contribution < -0.4 is 0 Å². The van der Waals surface area contributed by atoms with Gasteiger partial charge < -0.3 is 8.83 Å². The first-order chi connectivity index (χ1) is 24.8. The van der Waals surface area contributed by atoms with Crippen molar-refractivity contribution in [2.75, 3.05) is 0 Å². The highest BCUT2D eigenvalue weighted by Gasteiger charge is 2.20. The Hall–Kier alpha value is -6.85. The van der Waals surface area contributed by atoms with E-state index in [-0.39, 0.29) is 0 Å². The molecule has 50 heavy (non-hydrogen) atoms. The lowest BCUT2D eigenvalue weighted by Gasteiger charge is -2.09. The third-order valence-electron chi connectivity index (χ3n) is 9.33. The molecule has 0 atom stereocenters. The van der Waals surface area contributed by atoms with E-state index < -0.39 is 0 Å². The Balaban J connectivity index is 1.19. The molecular formula is C45H27N3O2. The van der Waals surface area contributed by atoms with Gasteiger partial charge in [-0.15, -0.1) is 0 Å². The van der Waals surface area contributed by atoms with E-state index in [4.69, 9.17) is 23.8 Å². The maximum atomic E-state index is 6.73. The van der Waals surface area contributed by atoms with Crippen LogP contribution in [-0.2, 0) is 0 Å². The Labute approximate surface area is 287 Å². The fourth-order valence-corrected chi connectivity index (χ4v) is 6.95. The summed E-state index contributed by atoms with van der Waals surface area (Å²) in [6.07, 6.45) is 0. The number of nitrogens with zero attached hydrogens (tertiary/aromatic N) is 3. The predicted molar refractivity (Wildman–Crippen MR) is 202 cm³/mol. The maximum absolute atomic E-state index is 6.73. The number of aromatic nitrogens is 3. The van der Waals surface area contributed by atoms with E-state index in [0.717, 1.165) is 82.8 Å². The highest BCUT2D eigenvalue weighted by atomic mass is 16.3. The van der Waals surface area contributed by atoms with Crippen molar-refractivity contribution in [3.05, 3.63) is 164 Å². The van der Waals surface area contributed by atoms with E-state index in [1.54, 1.807) is 0 Å². The molecule has 0 spiro atoms. The van der Waals surface area contributed by atoms with Gasteiger partial charge in [0.05, 0.1) is 0 Å². The van der Waals surface area contributed by atoms with Crippen molar-refractivity contribution in [1.29, 1.82) is 0 Å². The van der Waals surface area contributed by atoms with Crippen LogP contribution in [-0.4, -0.2) is 15.0 Å². The summed E-state index contributed by atoms with van der Waals surface area (Å²) in [5, 5.41) is 4.10. The molecule has 0 fully saturated rings. The Morgan fingerprint density at radius 3 is 1.74 bits per heavy atom.